The summed E-state index contributed by atoms with van der Waals surface area (Å²) in [6.07, 6.45) is 5.17. The second-order valence-corrected chi connectivity index (χ2v) is 7.26. The molecule has 2 aromatic rings. The molecule has 1 fully saturated rings. The van der Waals surface area contributed by atoms with E-state index in [0.29, 0.717) is 5.41 Å². The van der Waals surface area contributed by atoms with Gasteiger partial charge in [-0.15, -0.1) is 0 Å². The van der Waals surface area contributed by atoms with Crippen molar-refractivity contribution < 1.29 is 0 Å². The van der Waals surface area contributed by atoms with Crippen LogP contribution in [-0.2, 0) is 6.42 Å². The van der Waals surface area contributed by atoms with Crippen LogP contribution in [0.4, 0.5) is 0 Å². The van der Waals surface area contributed by atoms with Gasteiger partial charge < -0.3 is 0 Å². The monoisotopic (exact) mass is 302 g/mol. The van der Waals surface area contributed by atoms with Crippen LogP contribution in [0, 0.1) is 5.41 Å². The zero-order valence-corrected chi connectivity index (χ0v) is 12.4. The van der Waals surface area contributed by atoms with Gasteiger partial charge in [0, 0.05) is 4.83 Å². The lowest BCUT2D eigenvalue weighted by molar-refractivity contribution is 0.337. The molecule has 1 aliphatic rings. The van der Waals surface area contributed by atoms with Gasteiger partial charge in [0.1, 0.15) is 0 Å². The minimum Gasteiger partial charge on any atom is -0.0890 e. The fraction of sp³-hybridized carbons (Fsp3) is 0.412. The summed E-state index contributed by atoms with van der Waals surface area (Å²) in [7, 11) is 0. The SMILES string of the molecule is CC1(Cc2cccc3ccccc23)CCC(Br)C1. The molecule has 3 rings (SSSR count). The Morgan fingerprint density at radius 2 is 1.94 bits per heavy atom. The van der Waals surface area contributed by atoms with Crippen LogP contribution in [0.15, 0.2) is 42.5 Å². The molecule has 18 heavy (non-hydrogen) atoms. The van der Waals surface area contributed by atoms with Crippen LogP contribution < -0.4 is 0 Å². The normalized spacial score (nSPS) is 27.8. The van der Waals surface area contributed by atoms with E-state index in [1.807, 2.05) is 0 Å². The van der Waals surface area contributed by atoms with Crippen molar-refractivity contribution in [1.82, 2.24) is 0 Å². The molecule has 2 atom stereocenters. The van der Waals surface area contributed by atoms with Crippen LogP contribution in [-0.4, -0.2) is 4.83 Å². The van der Waals surface area contributed by atoms with Gasteiger partial charge in [0.25, 0.3) is 0 Å². The Morgan fingerprint density at radius 1 is 1.17 bits per heavy atom. The maximum atomic E-state index is 3.78. The first kappa shape index (κ1) is 12.2. The molecule has 0 aliphatic heterocycles. The molecule has 1 heteroatoms. The van der Waals surface area contributed by atoms with E-state index in [0.717, 1.165) is 4.83 Å². The number of fused-ring (bicyclic) bond motifs is 1. The lowest BCUT2D eigenvalue weighted by atomic mass is 9.81. The molecule has 1 aliphatic carbocycles. The Hall–Kier alpha value is -0.820. The van der Waals surface area contributed by atoms with Crippen LogP contribution in [0.5, 0.6) is 0 Å². The number of hydrogen-bond acceptors (Lipinski definition) is 0. The third-order valence-corrected chi connectivity index (χ3v) is 5.05. The van der Waals surface area contributed by atoms with Crippen molar-refractivity contribution in [2.24, 2.45) is 5.41 Å². The standard InChI is InChI=1S/C17H19Br/c1-17(10-9-15(18)12-17)11-14-7-4-6-13-5-2-3-8-16(13)14/h2-8,15H,9-12H2,1H3. The number of benzene rings is 2. The molecule has 0 amide bonds. The quantitative estimate of drug-likeness (QED) is 0.657. The van der Waals surface area contributed by atoms with Gasteiger partial charge in [-0.2, -0.15) is 0 Å². The molecule has 2 unspecified atom stereocenters. The van der Waals surface area contributed by atoms with E-state index in [2.05, 4.69) is 65.3 Å². The molecule has 0 spiro atoms. The Labute approximate surface area is 118 Å². The van der Waals surface area contributed by atoms with Crippen LogP contribution >= 0.6 is 15.9 Å². The van der Waals surface area contributed by atoms with E-state index in [-0.39, 0.29) is 0 Å². The summed E-state index contributed by atoms with van der Waals surface area (Å²) in [5.41, 5.74) is 1.98. The third-order valence-electron chi connectivity index (χ3n) is 4.27. The zero-order valence-electron chi connectivity index (χ0n) is 10.8. The second kappa shape index (κ2) is 4.70. The van der Waals surface area contributed by atoms with Crippen molar-refractivity contribution in [3.8, 4) is 0 Å². The summed E-state index contributed by atoms with van der Waals surface area (Å²) in [6.45, 7) is 2.44. The molecular weight excluding hydrogens is 284 g/mol. The van der Waals surface area contributed by atoms with Gasteiger partial charge in [0.2, 0.25) is 0 Å². The Morgan fingerprint density at radius 3 is 2.72 bits per heavy atom. The molecule has 0 nitrogen and oxygen atoms in total. The molecule has 0 bridgehead atoms. The Balaban J connectivity index is 1.95. The van der Waals surface area contributed by atoms with Gasteiger partial charge in [0.15, 0.2) is 0 Å². The van der Waals surface area contributed by atoms with Crippen LogP contribution in [0.3, 0.4) is 0 Å². The van der Waals surface area contributed by atoms with Crippen LogP contribution in [0.1, 0.15) is 31.7 Å². The molecule has 2 aromatic carbocycles. The highest BCUT2D eigenvalue weighted by Gasteiger charge is 2.34. The summed E-state index contributed by atoms with van der Waals surface area (Å²) in [5, 5.41) is 2.80. The predicted octanol–water partition coefficient (Wildman–Crippen LogP) is 5.34. The summed E-state index contributed by atoms with van der Waals surface area (Å²) in [4.78, 5) is 0.720. The maximum absolute atomic E-state index is 3.78. The Bertz CT molecular complexity index is 555. The fourth-order valence-corrected chi connectivity index (χ4v) is 4.32. The van der Waals surface area contributed by atoms with Crippen molar-refractivity contribution in [2.45, 2.75) is 37.4 Å². The molecule has 0 heterocycles. The number of rotatable bonds is 2. The molecule has 1 saturated carbocycles. The summed E-state index contributed by atoms with van der Waals surface area (Å²) >= 11 is 3.78. The Kier molecular flexibility index (Phi) is 3.19. The zero-order chi connectivity index (χ0) is 12.6. The molecule has 0 aromatic heterocycles. The van der Waals surface area contributed by atoms with Gasteiger partial charge >= 0.3 is 0 Å². The predicted molar refractivity (Wildman–Crippen MR) is 82.3 cm³/mol. The smallest absolute Gasteiger partial charge is 0.0151 e. The summed E-state index contributed by atoms with van der Waals surface area (Å²) in [5.74, 6) is 0. The minimum atomic E-state index is 0.471. The van der Waals surface area contributed by atoms with E-state index in [1.54, 1.807) is 0 Å². The molecule has 0 saturated heterocycles. The van der Waals surface area contributed by atoms with Crippen LogP contribution in [0.2, 0.25) is 0 Å². The van der Waals surface area contributed by atoms with Gasteiger partial charge in [-0.25, -0.2) is 0 Å². The molecule has 0 N–H and O–H groups in total. The van der Waals surface area contributed by atoms with Crippen molar-refractivity contribution >= 4 is 26.7 Å². The third kappa shape index (κ3) is 2.33. The molecule has 0 radical (unpaired) electrons. The first-order valence-corrected chi connectivity index (χ1v) is 7.69. The van der Waals surface area contributed by atoms with Gasteiger partial charge in [-0.3, -0.25) is 0 Å². The largest absolute Gasteiger partial charge is 0.0890 e. The maximum Gasteiger partial charge on any atom is 0.0151 e. The topological polar surface area (TPSA) is 0 Å². The highest BCUT2D eigenvalue weighted by atomic mass is 79.9. The highest BCUT2D eigenvalue weighted by molar-refractivity contribution is 9.09. The van der Waals surface area contributed by atoms with E-state index >= 15 is 0 Å². The minimum absolute atomic E-state index is 0.471. The van der Waals surface area contributed by atoms with Gasteiger partial charge in [-0.05, 0) is 47.4 Å². The van der Waals surface area contributed by atoms with Gasteiger partial charge in [0.05, 0.1) is 0 Å². The average Bonchev–Trinajstić information content (AvgIpc) is 2.70. The summed E-state index contributed by atoms with van der Waals surface area (Å²) < 4.78 is 0. The van der Waals surface area contributed by atoms with Crippen molar-refractivity contribution in [2.75, 3.05) is 0 Å². The van der Waals surface area contributed by atoms with E-state index < -0.39 is 0 Å². The first-order valence-electron chi connectivity index (χ1n) is 6.77. The summed E-state index contributed by atoms with van der Waals surface area (Å²) in [6, 6.07) is 15.4. The lowest BCUT2D eigenvalue weighted by Gasteiger charge is -2.24. The second-order valence-electron chi connectivity index (χ2n) is 5.97. The first-order chi connectivity index (χ1) is 8.66. The molecular formula is C17H19Br. The van der Waals surface area contributed by atoms with Crippen molar-refractivity contribution in [3.05, 3.63) is 48.0 Å². The average molecular weight is 303 g/mol. The van der Waals surface area contributed by atoms with Crippen molar-refractivity contribution in [3.63, 3.8) is 0 Å². The van der Waals surface area contributed by atoms with E-state index in [9.17, 15) is 0 Å². The number of alkyl halides is 1. The molecule has 94 valence electrons. The number of halogens is 1. The van der Waals surface area contributed by atoms with Gasteiger partial charge in [-0.1, -0.05) is 65.3 Å². The highest BCUT2D eigenvalue weighted by Crippen LogP contribution is 2.44. The van der Waals surface area contributed by atoms with Crippen molar-refractivity contribution in [1.29, 1.82) is 0 Å². The number of hydrogen-bond donors (Lipinski definition) is 0. The van der Waals surface area contributed by atoms with E-state index in [1.165, 1.54) is 42.0 Å². The van der Waals surface area contributed by atoms with E-state index in [4.69, 9.17) is 0 Å². The van der Waals surface area contributed by atoms with Crippen LogP contribution in [0.25, 0.3) is 10.8 Å². The fourth-order valence-electron chi connectivity index (χ4n) is 3.31. The lowest BCUT2D eigenvalue weighted by Crippen LogP contribution is -2.15.